The Kier molecular flexibility index (Phi) is 6.60. The topological polar surface area (TPSA) is 61.4 Å². The van der Waals surface area contributed by atoms with Gasteiger partial charge in [0.25, 0.3) is 0 Å². The molecule has 0 aliphatic carbocycles. The fourth-order valence-electron chi connectivity index (χ4n) is 2.32. The van der Waals surface area contributed by atoms with Crippen LogP contribution < -0.4 is 15.5 Å². The summed E-state index contributed by atoms with van der Waals surface area (Å²) in [5.74, 6) is -0.325. The number of para-hydroxylation sites is 1. The molecular weight excluding hydrogens is 338 g/mol. The number of halogens is 1. The molecule has 0 aromatic heterocycles. The molecule has 0 aliphatic heterocycles. The van der Waals surface area contributed by atoms with Crippen molar-refractivity contribution in [1.82, 2.24) is 0 Å². The van der Waals surface area contributed by atoms with E-state index in [-0.39, 0.29) is 18.4 Å². The van der Waals surface area contributed by atoms with Gasteiger partial charge in [-0.15, -0.1) is 6.58 Å². The molecule has 0 aliphatic rings. The third kappa shape index (κ3) is 5.36. The van der Waals surface area contributed by atoms with E-state index in [1.165, 1.54) is 6.92 Å². The van der Waals surface area contributed by atoms with Crippen molar-refractivity contribution in [2.24, 2.45) is 0 Å². The first-order valence-electron chi connectivity index (χ1n) is 7.78. The summed E-state index contributed by atoms with van der Waals surface area (Å²) < 4.78 is 0. The Balaban J connectivity index is 2.13. The molecule has 6 heteroatoms. The number of nitrogens with one attached hydrogen (secondary N) is 2. The normalized spacial score (nSPS) is 10.0. The number of carbonyl (C=O) groups excluding carboxylic acids is 2. The largest absolute Gasteiger partial charge is 0.374 e. The van der Waals surface area contributed by atoms with Crippen LogP contribution >= 0.6 is 11.6 Å². The Morgan fingerprint density at radius 2 is 1.88 bits per heavy atom. The summed E-state index contributed by atoms with van der Waals surface area (Å²) in [5.41, 5.74) is 1.95. The predicted octanol–water partition coefficient (Wildman–Crippen LogP) is 3.93. The van der Waals surface area contributed by atoms with Crippen LogP contribution in [0.2, 0.25) is 5.02 Å². The van der Waals surface area contributed by atoms with Crippen molar-refractivity contribution in [2.75, 3.05) is 28.6 Å². The van der Waals surface area contributed by atoms with E-state index in [2.05, 4.69) is 17.2 Å². The first kappa shape index (κ1) is 18.5. The van der Waals surface area contributed by atoms with Crippen LogP contribution in [-0.4, -0.2) is 24.9 Å². The number of rotatable bonds is 7. The number of anilines is 3. The molecule has 25 heavy (non-hydrogen) atoms. The Bertz CT molecular complexity index is 763. The van der Waals surface area contributed by atoms with Gasteiger partial charge in [0.05, 0.1) is 17.9 Å². The van der Waals surface area contributed by atoms with Gasteiger partial charge in [-0.05, 0) is 30.3 Å². The third-order valence-electron chi connectivity index (χ3n) is 3.40. The van der Waals surface area contributed by atoms with Crippen molar-refractivity contribution in [2.45, 2.75) is 6.92 Å². The van der Waals surface area contributed by atoms with Crippen LogP contribution in [0.1, 0.15) is 6.92 Å². The van der Waals surface area contributed by atoms with Crippen molar-refractivity contribution in [3.8, 4) is 0 Å². The first-order chi connectivity index (χ1) is 12.0. The van der Waals surface area contributed by atoms with Crippen LogP contribution in [0.4, 0.5) is 17.1 Å². The summed E-state index contributed by atoms with van der Waals surface area (Å²) >= 11 is 6.02. The number of carbonyl (C=O) groups is 2. The highest BCUT2D eigenvalue weighted by atomic mass is 35.5. The molecule has 5 nitrogen and oxygen atoms in total. The molecule has 0 atom stereocenters. The van der Waals surface area contributed by atoms with Gasteiger partial charge in [-0.1, -0.05) is 35.9 Å². The highest BCUT2D eigenvalue weighted by molar-refractivity contribution is 6.31. The van der Waals surface area contributed by atoms with Crippen LogP contribution in [0.25, 0.3) is 0 Å². The van der Waals surface area contributed by atoms with Gasteiger partial charge in [0, 0.05) is 24.2 Å². The fraction of sp³-hybridized carbons (Fsp3) is 0.158. The van der Waals surface area contributed by atoms with Gasteiger partial charge in [0.1, 0.15) is 0 Å². The molecule has 2 N–H and O–H groups in total. The van der Waals surface area contributed by atoms with Crippen molar-refractivity contribution in [3.05, 3.63) is 66.2 Å². The maximum Gasteiger partial charge on any atom is 0.246 e. The summed E-state index contributed by atoms with van der Waals surface area (Å²) in [7, 11) is 0. The second kappa shape index (κ2) is 8.89. The van der Waals surface area contributed by atoms with E-state index in [0.29, 0.717) is 22.9 Å². The summed E-state index contributed by atoms with van der Waals surface area (Å²) in [6.07, 6.45) is 1.67. The second-order valence-electron chi connectivity index (χ2n) is 5.35. The molecule has 0 saturated carbocycles. The van der Waals surface area contributed by atoms with Crippen LogP contribution in [0.5, 0.6) is 0 Å². The molecule has 0 radical (unpaired) electrons. The minimum absolute atomic E-state index is 0.0513. The fourth-order valence-corrected chi connectivity index (χ4v) is 2.49. The quantitative estimate of drug-likeness (QED) is 0.738. The lowest BCUT2D eigenvalue weighted by Gasteiger charge is -2.22. The van der Waals surface area contributed by atoms with Gasteiger partial charge in [-0.2, -0.15) is 0 Å². The average Bonchev–Trinajstić information content (AvgIpc) is 2.60. The Hall–Kier alpha value is -2.79. The molecule has 2 amide bonds. The Morgan fingerprint density at radius 3 is 2.52 bits per heavy atom. The van der Waals surface area contributed by atoms with Crippen molar-refractivity contribution >= 4 is 40.5 Å². The van der Waals surface area contributed by atoms with Crippen molar-refractivity contribution < 1.29 is 9.59 Å². The van der Waals surface area contributed by atoms with E-state index < -0.39 is 0 Å². The summed E-state index contributed by atoms with van der Waals surface area (Å²) in [6.45, 7) is 5.58. The lowest BCUT2D eigenvalue weighted by atomic mass is 10.2. The molecule has 0 fully saturated rings. The number of hydrogen-bond donors (Lipinski definition) is 2. The summed E-state index contributed by atoms with van der Waals surface area (Å²) in [6, 6.07) is 14.4. The van der Waals surface area contributed by atoms with E-state index in [4.69, 9.17) is 11.6 Å². The van der Waals surface area contributed by atoms with E-state index in [9.17, 15) is 9.59 Å². The monoisotopic (exact) mass is 357 g/mol. The zero-order chi connectivity index (χ0) is 18.2. The minimum Gasteiger partial charge on any atom is -0.374 e. The molecule has 0 unspecified atom stereocenters. The highest BCUT2D eigenvalue weighted by Crippen LogP contribution is 2.26. The van der Waals surface area contributed by atoms with Crippen LogP contribution in [0.15, 0.2) is 61.2 Å². The molecule has 0 bridgehead atoms. The third-order valence-corrected chi connectivity index (χ3v) is 3.64. The van der Waals surface area contributed by atoms with Gasteiger partial charge in [0.15, 0.2) is 0 Å². The van der Waals surface area contributed by atoms with E-state index in [1.54, 1.807) is 29.2 Å². The number of hydrogen-bond acceptors (Lipinski definition) is 3. The number of amides is 2. The SMILES string of the molecule is C=CCN(C(=O)CNc1cc(Cl)ccc1NC(C)=O)c1ccccc1. The van der Waals surface area contributed by atoms with Gasteiger partial charge in [-0.3, -0.25) is 9.59 Å². The first-order valence-corrected chi connectivity index (χ1v) is 8.16. The van der Waals surface area contributed by atoms with Gasteiger partial charge >= 0.3 is 0 Å². The maximum atomic E-state index is 12.6. The predicted molar refractivity (Wildman–Crippen MR) is 103 cm³/mol. The van der Waals surface area contributed by atoms with Gasteiger partial charge < -0.3 is 15.5 Å². The van der Waals surface area contributed by atoms with Crippen LogP contribution in [0.3, 0.4) is 0 Å². The molecule has 2 aromatic rings. The standard InChI is InChI=1S/C19H20ClN3O2/c1-3-11-23(16-7-5-4-6-8-16)19(25)13-21-18-12-15(20)9-10-17(18)22-14(2)24/h3-10,12,21H,1,11,13H2,2H3,(H,22,24). The van der Waals surface area contributed by atoms with Gasteiger partial charge in [-0.25, -0.2) is 0 Å². The smallest absolute Gasteiger partial charge is 0.246 e. The second-order valence-corrected chi connectivity index (χ2v) is 5.79. The number of benzene rings is 2. The minimum atomic E-state index is -0.200. The highest BCUT2D eigenvalue weighted by Gasteiger charge is 2.15. The zero-order valence-corrected chi connectivity index (χ0v) is 14.7. The van der Waals surface area contributed by atoms with Crippen LogP contribution in [-0.2, 0) is 9.59 Å². The zero-order valence-electron chi connectivity index (χ0n) is 14.0. The summed E-state index contributed by atoms with van der Waals surface area (Å²) in [5, 5.41) is 6.26. The lowest BCUT2D eigenvalue weighted by molar-refractivity contribution is -0.117. The van der Waals surface area contributed by atoms with Crippen molar-refractivity contribution in [3.63, 3.8) is 0 Å². The van der Waals surface area contributed by atoms with E-state index >= 15 is 0 Å². The molecule has 130 valence electrons. The van der Waals surface area contributed by atoms with E-state index in [1.807, 2.05) is 30.3 Å². The molecule has 0 heterocycles. The Labute approximate surface area is 152 Å². The molecule has 0 saturated heterocycles. The van der Waals surface area contributed by atoms with Crippen LogP contribution in [0, 0.1) is 0 Å². The molecule has 2 aromatic carbocycles. The van der Waals surface area contributed by atoms with E-state index in [0.717, 1.165) is 5.69 Å². The van der Waals surface area contributed by atoms with Crippen molar-refractivity contribution in [1.29, 1.82) is 0 Å². The Morgan fingerprint density at radius 1 is 1.16 bits per heavy atom. The number of nitrogens with zero attached hydrogens (tertiary/aromatic N) is 1. The lowest BCUT2D eigenvalue weighted by Crippen LogP contribution is -2.35. The summed E-state index contributed by atoms with van der Waals surface area (Å²) in [4.78, 5) is 25.6. The molecule has 2 rings (SSSR count). The molecular formula is C19H20ClN3O2. The van der Waals surface area contributed by atoms with Gasteiger partial charge in [0.2, 0.25) is 11.8 Å². The maximum absolute atomic E-state index is 12.6. The average molecular weight is 358 g/mol. The molecule has 0 spiro atoms.